The van der Waals surface area contributed by atoms with Crippen LogP contribution in [0.25, 0.3) is 167 Å². The molecule has 14 aromatic carbocycles. The highest BCUT2D eigenvalue weighted by atomic mass is 15.0. The van der Waals surface area contributed by atoms with Crippen LogP contribution in [0, 0.1) is 34.0 Å². The van der Waals surface area contributed by atoms with E-state index >= 15 is 0 Å². The molecule has 0 saturated carbocycles. The first kappa shape index (κ1) is 58.0. The molecular weight excluding hydrogens is 1190 g/mol. The lowest BCUT2D eigenvalue weighted by Gasteiger charge is -2.17. The van der Waals surface area contributed by atoms with Crippen LogP contribution in [0.3, 0.4) is 0 Å². The minimum atomic E-state index is 0.368. The molecule has 454 valence electrons. The Morgan fingerprint density at radius 1 is 0.204 bits per heavy atom. The highest BCUT2D eigenvalue weighted by molar-refractivity contribution is 6.13. The molecular formula is C90H54N8. The summed E-state index contributed by atoms with van der Waals surface area (Å²) in [6, 6.07) is 120. The van der Waals surface area contributed by atoms with E-state index in [4.69, 9.17) is 15.0 Å². The summed E-state index contributed by atoms with van der Waals surface area (Å²) in [6.45, 7) is 0. The zero-order valence-corrected chi connectivity index (χ0v) is 52.8. The minimum absolute atomic E-state index is 0.368. The average molecular weight is 1250 g/mol. The molecule has 0 fully saturated rings. The Morgan fingerprint density at radius 3 is 0.827 bits per heavy atom. The zero-order chi connectivity index (χ0) is 65.6. The van der Waals surface area contributed by atoms with Gasteiger partial charge in [0.1, 0.15) is 0 Å². The van der Waals surface area contributed by atoms with E-state index < -0.39 is 0 Å². The molecule has 0 radical (unpaired) electrons. The fourth-order valence-corrected chi connectivity index (χ4v) is 14.0. The average Bonchev–Trinajstić information content (AvgIpc) is 1.60. The molecule has 0 aliphatic rings. The van der Waals surface area contributed by atoms with Crippen molar-refractivity contribution in [2.45, 2.75) is 0 Å². The molecule has 8 heteroatoms. The number of benzene rings is 14. The number of hydrogen-bond acceptors (Lipinski definition) is 6. The van der Waals surface area contributed by atoms with Gasteiger partial charge in [-0.1, -0.05) is 224 Å². The molecule has 0 aliphatic heterocycles. The minimum Gasteiger partial charge on any atom is -0.309 e. The van der Waals surface area contributed by atoms with Crippen molar-refractivity contribution >= 4 is 43.6 Å². The second-order valence-electron chi connectivity index (χ2n) is 24.4. The van der Waals surface area contributed by atoms with Gasteiger partial charge in [0, 0.05) is 55.2 Å². The van der Waals surface area contributed by atoms with Crippen LogP contribution in [0.5, 0.6) is 0 Å². The third-order valence-electron chi connectivity index (χ3n) is 18.7. The van der Waals surface area contributed by atoms with Crippen molar-refractivity contribution < 1.29 is 0 Å². The van der Waals surface area contributed by atoms with Gasteiger partial charge in [-0.3, -0.25) is 0 Å². The Morgan fingerprint density at radius 2 is 0.480 bits per heavy atom. The quantitative estimate of drug-likeness (QED) is 0.120. The molecule has 0 spiro atoms. The highest BCUT2D eigenvalue weighted by Gasteiger charge is 2.24. The Hall–Kier alpha value is -13.8. The molecule has 0 unspecified atom stereocenters. The van der Waals surface area contributed by atoms with Gasteiger partial charge in [-0.25, -0.2) is 15.0 Å². The number of hydrogen-bond donors (Lipinski definition) is 0. The summed E-state index contributed by atoms with van der Waals surface area (Å²) in [6.07, 6.45) is 0. The molecule has 0 amide bonds. The maximum Gasteiger partial charge on any atom is 0.164 e. The van der Waals surface area contributed by atoms with Crippen molar-refractivity contribution in [3.8, 4) is 142 Å². The van der Waals surface area contributed by atoms with Gasteiger partial charge in [0.05, 0.1) is 57.0 Å². The number of nitriles is 3. The zero-order valence-electron chi connectivity index (χ0n) is 52.8. The Kier molecular flexibility index (Phi) is 14.5. The van der Waals surface area contributed by atoms with Crippen LogP contribution in [-0.4, -0.2) is 24.1 Å². The molecule has 98 heavy (non-hydrogen) atoms. The van der Waals surface area contributed by atoms with Gasteiger partial charge in [-0.05, 0) is 175 Å². The van der Waals surface area contributed by atoms with E-state index in [1.54, 1.807) is 0 Å². The third-order valence-corrected chi connectivity index (χ3v) is 18.7. The summed E-state index contributed by atoms with van der Waals surface area (Å²) in [5.41, 5.74) is 22.6. The SMILES string of the molecule is N#Cc1ccccc1-c1cc(-c2nc(-c3cc(-c4ccccc4C#N)cc(-n4c5ccc(-c6ccccc6)cc5c5cc(-c6ccccc6)ccc54)c3)nc(-c3ccccc3-c3ccccc3C#N)n2)cc(-n2c3ccc(-c4ccccc4)cc3c3cc(-c4ccccc4)ccc32)c1. The molecule has 8 nitrogen and oxygen atoms in total. The molecule has 17 rings (SSSR count). The van der Waals surface area contributed by atoms with Gasteiger partial charge in [0.25, 0.3) is 0 Å². The molecule has 0 atom stereocenters. The fraction of sp³-hybridized carbons (Fsp3) is 0. The van der Waals surface area contributed by atoms with Gasteiger partial charge in [0.2, 0.25) is 0 Å². The molecule has 3 heterocycles. The van der Waals surface area contributed by atoms with Crippen molar-refractivity contribution in [2.75, 3.05) is 0 Å². The third kappa shape index (κ3) is 10.4. The molecule has 0 saturated heterocycles. The smallest absolute Gasteiger partial charge is 0.164 e. The van der Waals surface area contributed by atoms with E-state index in [0.717, 1.165) is 133 Å². The van der Waals surface area contributed by atoms with Gasteiger partial charge in [-0.2, -0.15) is 15.8 Å². The topological polar surface area (TPSA) is 120 Å². The predicted octanol–water partition coefficient (Wildman–Crippen LogP) is 22.4. The number of aromatic nitrogens is 5. The van der Waals surface area contributed by atoms with Crippen molar-refractivity contribution in [1.82, 2.24) is 24.1 Å². The molecule has 0 bridgehead atoms. The second kappa shape index (κ2) is 24.6. The highest BCUT2D eigenvalue weighted by Crippen LogP contribution is 2.44. The number of fused-ring (bicyclic) bond motifs is 6. The van der Waals surface area contributed by atoms with Crippen LogP contribution >= 0.6 is 0 Å². The Balaban J connectivity index is 0.947. The van der Waals surface area contributed by atoms with Gasteiger partial charge in [0.15, 0.2) is 17.5 Å². The van der Waals surface area contributed by atoms with E-state index in [2.05, 4.69) is 234 Å². The van der Waals surface area contributed by atoms with Crippen LogP contribution in [0.2, 0.25) is 0 Å². The summed E-state index contributed by atoms with van der Waals surface area (Å²) in [5.74, 6) is 1.11. The maximum absolute atomic E-state index is 10.9. The summed E-state index contributed by atoms with van der Waals surface area (Å²) in [5, 5.41) is 36.7. The molecule has 3 aromatic heterocycles. The van der Waals surface area contributed by atoms with Crippen LogP contribution in [0.4, 0.5) is 0 Å². The lowest BCUT2D eigenvalue weighted by Crippen LogP contribution is -2.04. The van der Waals surface area contributed by atoms with Gasteiger partial charge < -0.3 is 9.13 Å². The molecule has 0 N–H and O–H groups in total. The van der Waals surface area contributed by atoms with E-state index in [1.807, 2.05) is 121 Å². The first-order chi connectivity index (χ1) is 48.4. The lowest BCUT2D eigenvalue weighted by molar-refractivity contribution is 1.07. The van der Waals surface area contributed by atoms with Crippen LogP contribution in [-0.2, 0) is 0 Å². The standard InChI is InChI=1S/C90H54N8/c91-55-66-29-13-16-32-75(66)69-45-71(49-73(47-69)97-84-41-37-62(58-21-5-1-6-22-58)51-80(84)81-52-63(38-42-85(81)97)59-23-7-2-8-24-59)88-94-89(96-90(95-88)79-36-20-19-35-78(79)77-34-18-15-31-68(77)57-93)72-46-70(76-33-17-14-30-67(76)56-92)48-74(50-72)98-86-43-39-64(60-25-9-3-10-26-60)53-82(86)83-54-65(40-44-87(83)98)61-27-11-4-12-28-61/h1-54H. The summed E-state index contributed by atoms with van der Waals surface area (Å²) >= 11 is 0. The van der Waals surface area contributed by atoms with Gasteiger partial charge >= 0.3 is 0 Å². The maximum atomic E-state index is 10.9. The van der Waals surface area contributed by atoms with Crippen molar-refractivity contribution in [2.24, 2.45) is 0 Å². The van der Waals surface area contributed by atoms with Crippen LogP contribution in [0.15, 0.2) is 328 Å². The predicted molar refractivity (Wildman–Crippen MR) is 397 cm³/mol. The summed E-state index contributed by atoms with van der Waals surface area (Å²) in [7, 11) is 0. The monoisotopic (exact) mass is 1250 g/mol. The fourth-order valence-electron chi connectivity index (χ4n) is 14.0. The normalized spacial score (nSPS) is 11.2. The summed E-state index contributed by atoms with van der Waals surface area (Å²) < 4.78 is 4.63. The van der Waals surface area contributed by atoms with Crippen LogP contribution in [0.1, 0.15) is 16.7 Å². The molecule has 17 aromatic rings. The van der Waals surface area contributed by atoms with E-state index in [9.17, 15) is 15.8 Å². The molecule has 0 aliphatic carbocycles. The Labute approximate surface area is 566 Å². The van der Waals surface area contributed by atoms with Crippen molar-refractivity contribution in [3.63, 3.8) is 0 Å². The largest absolute Gasteiger partial charge is 0.309 e. The van der Waals surface area contributed by atoms with E-state index in [1.165, 1.54) is 0 Å². The Bertz CT molecular complexity index is 5630. The van der Waals surface area contributed by atoms with Crippen molar-refractivity contribution in [3.05, 3.63) is 344 Å². The lowest BCUT2D eigenvalue weighted by atomic mass is 9.95. The van der Waals surface area contributed by atoms with E-state index in [0.29, 0.717) is 50.9 Å². The van der Waals surface area contributed by atoms with E-state index in [-0.39, 0.29) is 0 Å². The number of rotatable bonds is 12. The first-order valence-electron chi connectivity index (χ1n) is 32.5. The second-order valence-corrected chi connectivity index (χ2v) is 24.4. The summed E-state index contributed by atoms with van der Waals surface area (Å²) in [4.78, 5) is 16.8. The number of nitrogens with zero attached hydrogens (tertiary/aromatic N) is 8. The first-order valence-corrected chi connectivity index (χ1v) is 32.5. The van der Waals surface area contributed by atoms with Crippen LogP contribution < -0.4 is 0 Å². The van der Waals surface area contributed by atoms with Gasteiger partial charge in [-0.15, -0.1) is 0 Å². The van der Waals surface area contributed by atoms with Crippen molar-refractivity contribution in [1.29, 1.82) is 15.8 Å².